The molecule has 2 fully saturated rings. The van der Waals surface area contributed by atoms with E-state index in [0.29, 0.717) is 25.1 Å². The second kappa shape index (κ2) is 4.81. The molecule has 1 aliphatic carbocycles. The molecule has 1 atom stereocenters. The van der Waals surface area contributed by atoms with E-state index >= 15 is 0 Å². The van der Waals surface area contributed by atoms with Crippen molar-refractivity contribution in [3.63, 3.8) is 0 Å². The van der Waals surface area contributed by atoms with Crippen LogP contribution in [0.2, 0.25) is 0 Å². The Morgan fingerprint density at radius 3 is 2.86 bits per heavy atom. The Morgan fingerprint density at radius 1 is 1.36 bits per heavy atom. The van der Waals surface area contributed by atoms with E-state index in [0.717, 1.165) is 30.2 Å². The van der Waals surface area contributed by atoms with Crippen molar-refractivity contribution in [3.8, 4) is 0 Å². The number of aliphatic hydroxyl groups is 1. The fraction of sp³-hybridized carbons (Fsp3) is 0.529. The summed E-state index contributed by atoms with van der Waals surface area (Å²) < 4.78 is 1.70. The van der Waals surface area contributed by atoms with Crippen LogP contribution < -0.4 is 0 Å². The van der Waals surface area contributed by atoms with E-state index < -0.39 is 0 Å². The Kier molecular flexibility index (Phi) is 3.01. The molecule has 0 bridgehead atoms. The Balaban J connectivity index is 1.75. The average Bonchev–Trinajstić information content (AvgIpc) is 2.80. The first-order chi connectivity index (χ1) is 10.6. The standard InChI is InChI=1S/C17H21N3O2/c1-19-15(13-5-2-3-6-14(13)18-19)16(22)20-10-7-12(21)11-17(20)8-4-9-17/h2-3,5-6,12,21H,4,7-11H2,1H3. The van der Waals surface area contributed by atoms with Gasteiger partial charge in [0.05, 0.1) is 11.6 Å². The largest absolute Gasteiger partial charge is 0.393 e. The van der Waals surface area contributed by atoms with Gasteiger partial charge in [-0.3, -0.25) is 9.48 Å². The third-order valence-electron chi connectivity index (χ3n) is 5.35. The average molecular weight is 299 g/mol. The maximum Gasteiger partial charge on any atom is 0.273 e. The van der Waals surface area contributed by atoms with Gasteiger partial charge in [-0.05, 0) is 38.2 Å². The van der Waals surface area contributed by atoms with Gasteiger partial charge in [0.15, 0.2) is 0 Å². The zero-order valence-electron chi connectivity index (χ0n) is 12.8. The summed E-state index contributed by atoms with van der Waals surface area (Å²) in [7, 11) is 1.83. The zero-order chi connectivity index (χ0) is 15.3. The van der Waals surface area contributed by atoms with Crippen LogP contribution in [0.1, 0.15) is 42.6 Å². The lowest BCUT2D eigenvalue weighted by molar-refractivity contribution is -0.0487. The van der Waals surface area contributed by atoms with Gasteiger partial charge in [-0.1, -0.05) is 18.2 Å². The number of amides is 1. The van der Waals surface area contributed by atoms with Crippen LogP contribution in [0, 0.1) is 0 Å². The van der Waals surface area contributed by atoms with E-state index in [2.05, 4.69) is 5.10 Å². The van der Waals surface area contributed by atoms with Gasteiger partial charge in [-0.25, -0.2) is 0 Å². The van der Waals surface area contributed by atoms with Gasteiger partial charge in [-0.15, -0.1) is 0 Å². The van der Waals surface area contributed by atoms with E-state index in [1.54, 1.807) is 4.68 Å². The van der Waals surface area contributed by atoms with Crippen LogP contribution in [0.15, 0.2) is 24.3 Å². The molecule has 1 amide bonds. The van der Waals surface area contributed by atoms with E-state index in [-0.39, 0.29) is 17.6 Å². The molecule has 1 saturated heterocycles. The Labute approximate surface area is 129 Å². The number of aromatic nitrogens is 2. The van der Waals surface area contributed by atoms with Crippen molar-refractivity contribution in [3.05, 3.63) is 30.0 Å². The lowest BCUT2D eigenvalue weighted by Crippen LogP contribution is -2.61. The first-order valence-electron chi connectivity index (χ1n) is 8.02. The number of rotatable bonds is 1. The third-order valence-corrected chi connectivity index (χ3v) is 5.35. The highest BCUT2D eigenvalue weighted by Crippen LogP contribution is 2.45. The van der Waals surface area contributed by atoms with E-state index in [9.17, 15) is 9.90 Å². The molecule has 22 heavy (non-hydrogen) atoms. The van der Waals surface area contributed by atoms with Crippen LogP contribution in [0.5, 0.6) is 0 Å². The minimum absolute atomic E-state index is 0.0581. The molecule has 4 rings (SSSR count). The number of benzene rings is 1. The third kappa shape index (κ3) is 1.88. The summed E-state index contributed by atoms with van der Waals surface area (Å²) >= 11 is 0. The minimum Gasteiger partial charge on any atom is -0.393 e. The molecule has 1 aromatic carbocycles. The highest BCUT2D eigenvalue weighted by molar-refractivity contribution is 6.05. The van der Waals surface area contributed by atoms with Gasteiger partial charge in [0, 0.05) is 24.5 Å². The Hall–Kier alpha value is -1.88. The van der Waals surface area contributed by atoms with Crippen molar-refractivity contribution in [2.45, 2.75) is 43.7 Å². The van der Waals surface area contributed by atoms with Gasteiger partial charge in [0.2, 0.25) is 0 Å². The van der Waals surface area contributed by atoms with Crippen LogP contribution >= 0.6 is 0 Å². The van der Waals surface area contributed by atoms with Crippen LogP contribution in [-0.4, -0.2) is 43.9 Å². The summed E-state index contributed by atoms with van der Waals surface area (Å²) in [5, 5.41) is 15.4. The predicted molar refractivity (Wildman–Crippen MR) is 83.6 cm³/mol. The number of nitrogens with zero attached hydrogens (tertiary/aromatic N) is 3. The van der Waals surface area contributed by atoms with Crippen LogP contribution in [0.3, 0.4) is 0 Å². The summed E-state index contributed by atoms with van der Waals surface area (Å²) in [6.45, 7) is 0.638. The fourth-order valence-corrected chi connectivity index (χ4v) is 4.07. The number of hydrogen-bond donors (Lipinski definition) is 1. The number of carbonyl (C=O) groups excluding carboxylic acids is 1. The van der Waals surface area contributed by atoms with Gasteiger partial charge >= 0.3 is 0 Å². The molecule has 1 aliphatic heterocycles. The van der Waals surface area contributed by atoms with Crippen molar-refractivity contribution in [2.24, 2.45) is 7.05 Å². The summed E-state index contributed by atoms with van der Waals surface area (Å²) in [5.41, 5.74) is 1.39. The number of hydrogen-bond acceptors (Lipinski definition) is 3. The lowest BCUT2D eigenvalue weighted by atomic mass is 9.69. The van der Waals surface area contributed by atoms with Crippen molar-refractivity contribution < 1.29 is 9.90 Å². The molecule has 1 spiro atoms. The summed E-state index contributed by atoms with van der Waals surface area (Å²) in [6.07, 6.45) is 4.27. The predicted octanol–water partition coefficient (Wildman–Crippen LogP) is 2.09. The van der Waals surface area contributed by atoms with Crippen molar-refractivity contribution in [1.29, 1.82) is 0 Å². The fourth-order valence-electron chi connectivity index (χ4n) is 4.07. The number of likely N-dealkylation sites (tertiary alicyclic amines) is 1. The minimum atomic E-state index is -0.271. The van der Waals surface area contributed by atoms with Gasteiger partial charge in [-0.2, -0.15) is 5.10 Å². The smallest absolute Gasteiger partial charge is 0.273 e. The number of aryl methyl sites for hydroxylation is 1. The Morgan fingerprint density at radius 2 is 2.14 bits per heavy atom. The second-order valence-electron chi connectivity index (χ2n) is 6.67. The molecule has 2 heterocycles. The molecule has 1 aromatic heterocycles. The molecule has 0 radical (unpaired) electrons. The van der Waals surface area contributed by atoms with Crippen LogP contribution in [-0.2, 0) is 7.05 Å². The topological polar surface area (TPSA) is 58.4 Å². The lowest BCUT2D eigenvalue weighted by Gasteiger charge is -2.54. The van der Waals surface area contributed by atoms with Gasteiger partial charge < -0.3 is 10.0 Å². The summed E-state index contributed by atoms with van der Waals surface area (Å²) in [4.78, 5) is 15.2. The first-order valence-corrected chi connectivity index (χ1v) is 8.02. The van der Waals surface area contributed by atoms with Crippen molar-refractivity contribution in [1.82, 2.24) is 14.7 Å². The number of piperidine rings is 1. The molecule has 1 N–H and O–H groups in total. The molecule has 116 valence electrons. The molecular formula is C17H21N3O2. The van der Waals surface area contributed by atoms with Crippen LogP contribution in [0.25, 0.3) is 10.9 Å². The molecule has 2 aliphatic rings. The molecule has 1 saturated carbocycles. The molecule has 1 unspecified atom stereocenters. The van der Waals surface area contributed by atoms with Crippen molar-refractivity contribution in [2.75, 3.05) is 6.54 Å². The van der Waals surface area contributed by atoms with E-state index in [1.807, 2.05) is 36.2 Å². The monoisotopic (exact) mass is 299 g/mol. The van der Waals surface area contributed by atoms with Crippen molar-refractivity contribution >= 4 is 16.8 Å². The van der Waals surface area contributed by atoms with Gasteiger partial charge in [0.25, 0.3) is 5.91 Å². The first kappa shape index (κ1) is 13.8. The molecule has 5 heteroatoms. The Bertz CT molecular complexity index is 733. The van der Waals surface area contributed by atoms with E-state index in [1.165, 1.54) is 0 Å². The highest BCUT2D eigenvalue weighted by Gasteiger charge is 2.49. The summed E-state index contributed by atoms with van der Waals surface area (Å²) in [6, 6.07) is 7.78. The highest BCUT2D eigenvalue weighted by atomic mass is 16.3. The number of aliphatic hydroxyl groups excluding tert-OH is 1. The van der Waals surface area contributed by atoms with Crippen LogP contribution in [0.4, 0.5) is 0 Å². The van der Waals surface area contributed by atoms with E-state index in [4.69, 9.17) is 0 Å². The number of fused-ring (bicyclic) bond motifs is 1. The summed E-state index contributed by atoms with van der Waals surface area (Å²) in [5.74, 6) is 0.0581. The SMILES string of the molecule is Cn1nc2ccccc2c1C(=O)N1CCC(O)CC12CCC2. The maximum absolute atomic E-state index is 13.2. The quantitative estimate of drug-likeness (QED) is 0.877. The molecule has 5 nitrogen and oxygen atoms in total. The molecular weight excluding hydrogens is 278 g/mol. The zero-order valence-corrected chi connectivity index (χ0v) is 12.8. The normalized spacial score (nSPS) is 23.7. The maximum atomic E-state index is 13.2. The van der Waals surface area contributed by atoms with Gasteiger partial charge in [0.1, 0.15) is 5.69 Å². The number of carbonyl (C=O) groups is 1. The molecule has 2 aromatic rings. The second-order valence-corrected chi connectivity index (χ2v) is 6.67.